The van der Waals surface area contributed by atoms with Crippen LogP contribution in [0.5, 0.6) is 0 Å². The molecule has 0 bridgehead atoms. The molecule has 5 rings (SSSR count). The third-order valence-corrected chi connectivity index (χ3v) is 9.89. The molecule has 2 aromatic carbocycles. The van der Waals surface area contributed by atoms with E-state index >= 15 is 0 Å². The van der Waals surface area contributed by atoms with Crippen LogP contribution in [0.25, 0.3) is 22.3 Å². The second-order valence-electron chi connectivity index (χ2n) is 10.1. The Morgan fingerprint density at radius 2 is 1.83 bits per heavy atom. The summed E-state index contributed by atoms with van der Waals surface area (Å²) < 4.78 is 62.5. The molecule has 0 saturated carbocycles. The number of anilines is 3. The van der Waals surface area contributed by atoms with Crippen LogP contribution in [0.1, 0.15) is 18.9 Å². The number of aromatic amines is 1. The van der Waals surface area contributed by atoms with Crippen molar-refractivity contribution in [3.63, 3.8) is 0 Å². The lowest BCUT2D eigenvalue weighted by molar-refractivity contribution is -0.121. The summed E-state index contributed by atoms with van der Waals surface area (Å²) in [7, 11) is -6.85. The van der Waals surface area contributed by atoms with Gasteiger partial charge in [0.1, 0.15) is 10.4 Å². The molecule has 3 N–H and O–H groups in total. The fourth-order valence-corrected chi connectivity index (χ4v) is 6.94. The van der Waals surface area contributed by atoms with Crippen LogP contribution in [-0.2, 0) is 24.5 Å². The number of hydrogen-bond donors (Lipinski definition) is 3. The van der Waals surface area contributed by atoms with Gasteiger partial charge in [-0.05, 0) is 37.1 Å². The van der Waals surface area contributed by atoms with E-state index in [-0.39, 0.29) is 29.0 Å². The lowest BCUT2D eigenvalue weighted by atomic mass is 10.1. The van der Waals surface area contributed by atoms with Gasteiger partial charge in [-0.25, -0.2) is 31.2 Å². The van der Waals surface area contributed by atoms with Gasteiger partial charge in [-0.3, -0.25) is 14.8 Å². The standard InChI is InChI=1S/C27H30FN7O5S2/c1-4-20(35-11-13-42(39,40)14-12-35)26(36)30-19-9-5-7-17-24(19)33-34-25(17)23-16(2)15-29-27(32-23)31-18-8-6-10-21(22(18)28)41(3,37)38/h5-10,15,20H,4,11-14H2,1-3H3,(H,30,36)(H,33,34)(H,29,31,32)/t20-/m1/s1. The van der Waals surface area contributed by atoms with Crippen LogP contribution < -0.4 is 10.6 Å². The van der Waals surface area contributed by atoms with E-state index in [9.17, 15) is 26.0 Å². The van der Waals surface area contributed by atoms with Crippen LogP contribution in [0.2, 0.25) is 0 Å². The maximum Gasteiger partial charge on any atom is 0.241 e. The first-order valence-electron chi connectivity index (χ1n) is 13.2. The molecule has 1 atom stereocenters. The van der Waals surface area contributed by atoms with Crippen LogP contribution in [0.3, 0.4) is 0 Å². The van der Waals surface area contributed by atoms with E-state index in [1.54, 1.807) is 25.3 Å². The van der Waals surface area contributed by atoms with Crippen LogP contribution >= 0.6 is 0 Å². The highest BCUT2D eigenvalue weighted by molar-refractivity contribution is 7.91. The number of amides is 1. The molecule has 1 fully saturated rings. The lowest BCUT2D eigenvalue weighted by Gasteiger charge is -2.32. The zero-order valence-corrected chi connectivity index (χ0v) is 24.8. The summed E-state index contributed by atoms with van der Waals surface area (Å²) >= 11 is 0. The van der Waals surface area contributed by atoms with E-state index in [1.165, 1.54) is 18.2 Å². The van der Waals surface area contributed by atoms with E-state index < -0.39 is 36.4 Å². The molecule has 0 radical (unpaired) electrons. The van der Waals surface area contributed by atoms with E-state index in [2.05, 4.69) is 30.8 Å². The molecule has 3 heterocycles. The minimum atomic E-state index is -3.78. The Hall–Kier alpha value is -3.95. The highest BCUT2D eigenvalue weighted by Crippen LogP contribution is 2.32. The van der Waals surface area contributed by atoms with E-state index in [4.69, 9.17) is 0 Å². The van der Waals surface area contributed by atoms with Gasteiger partial charge < -0.3 is 10.6 Å². The maximum absolute atomic E-state index is 14.9. The van der Waals surface area contributed by atoms with Crippen LogP contribution in [-0.4, -0.2) is 84.7 Å². The molecule has 1 saturated heterocycles. The Balaban J connectivity index is 1.42. The number of sulfone groups is 2. The summed E-state index contributed by atoms with van der Waals surface area (Å²) in [5.41, 5.74) is 2.59. The molecule has 12 nitrogen and oxygen atoms in total. The highest BCUT2D eigenvalue weighted by Gasteiger charge is 2.30. The number of rotatable bonds is 8. The minimum absolute atomic E-state index is 0.0278. The van der Waals surface area contributed by atoms with E-state index in [1.807, 2.05) is 17.9 Å². The van der Waals surface area contributed by atoms with Gasteiger partial charge >= 0.3 is 0 Å². The van der Waals surface area contributed by atoms with Crippen molar-refractivity contribution in [3.8, 4) is 11.4 Å². The molecular formula is C27H30FN7O5S2. The summed E-state index contributed by atoms with van der Waals surface area (Å²) in [6.07, 6.45) is 2.99. The maximum atomic E-state index is 14.9. The predicted molar refractivity (Wildman–Crippen MR) is 158 cm³/mol. The summed E-state index contributed by atoms with van der Waals surface area (Å²) in [5, 5.41) is 13.8. The Labute approximate surface area is 242 Å². The molecule has 1 aliphatic rings. The Morgan fingerprint density at radius 1 is 1.14 bits per heavy atom. The van der Waals surface area contributed by atoms with Crippen molar-refractivity contribution < 1.29 is 26.0 Å². The van der Waals surface area contributed by atoms with Gasteiger partial charge in [-0.15, -0.1) is 0 Å². The van der Waals surface area contributed by atoms with Crippen molar-refractivity contribution in [1.82, 2.24) is 25.1 Å². The number of fused-ring (bicyclic) bond motifs is 1. The summed E-state index contributed by atoms with van der Waals surface area (Å²) in [6, 6.07) is 8.83. The van der Waals surface area contributed by atoms with Crippen LogP contribution in [0.15, 0.2) is 47.5 Å². The smallest absolute Gasteiger partial charge is 0.241 e. The fourth-order valence-electron chi connectivity index (χ4n) is 4.95. The van der Waals surface area contributed by atoms with Gasteiger partial charge in [0.2, 0.25) is 11.9 Å². The number of carbonyl (C=O) groups is 1. The van der Waals surface area contributed by atoms with Gasteiger partial charge in [0.25, 0.3) is 0 Å². The minimum Gasteiger partial charge on any atom is -0.323 e. The Kier molecular flexibility index (Phi) is 8.00. The van der Waals surface area contributed by atoms with Gasteiger partial charge in [0.05, 0.1) is 40.3 Å². The van der Waals surface area contributed by atoms with Crippen molar-refractivity contribution >= 4 is 53.8 Å². The number of nitrogens with zero attached hydrogens (tertiary/aromatic N) is 4. The molecule has 2 aromatic heterocycles. The van der Waals surface area contributed by atoms with Crippen molar-refractivity contribution in [1.29, 1.82) is 0 Å². The quantitative estimate of drug-likeness (QED) is 0.268. The number of carbonyl (C=O) groups excluding carboxylic acids is 1. The first kappa shape index (κ1) is 29.5. The molecule has 42 heavy (non-hydrogen) atoms. The number of aryl methyl sites for hydroxylation is 1. The van der Waals surface area contributed by atoms with Crippen molar-refractivity contribution in [2.45, 2.75) is 31.2 Å². The molecule has 0 unspecified atom stereocenters. The van der Waals surface area contributed by atoms with Crippen molar-refractivity contribution in [2.24, 2.45) is 0 Å². The Bertz CT molecular complexity index is 1880. The third kappa shape index (κ3) is 5.98. The molecule has 0 spiro atoms. The second-order valence-corrected chi connectivity index (χ2v) is 14.4. The summed E-state index contributed by atoms with van der Waals surface area (Å²) in [5.74, 6) is -1.09. The number of halogens is 1. The molecule has 222 valence electrons. The SMILES string of the molecule is CC[C@H](C(=O)Nc1cccc2c(-c3nc(Nc4cccc(S(C)(=O)=O)c4F)ncc3C)[nH]nc12)N1CCS(=O)(=O)CC1. The molecule has 1 aliphatic heterocycles. The molecule has 15 heteroatoms. The topological polar surface area (TPSA) is 167 Å². The first-order valence-corrected chi connectivity index (χ1v) is 16.9. The second kappa shape index (κ2) is 11.4. The first-order chi connectivity index (χ1) is 19.9. The number of aromatic nitrogens is 4. The summed E-state index contributed by atoms with van der Waals surface area (Å²) in [6.45, 7) is 4.29. The molecule has 1 amide bonds. The average Bonchev–Trinajstić information content (AvgIpc) is 3.36. The summed E-state index contributed by atoms with van der Waals surface area (Å²) in [4.78, 5) is 23.5. The number of nitrogens with one attached hydrogen (secondary N) is 3. The Morgan fingerprint density at radius 3 is 2.52 bits per heavy atom. The predicted octanol–water partition coefficient (Wildman–Crippen LogP) is 3.06. The largest absolute Gasteiger partial charge is 0.323 e. The normalized spacial score (nSPS) is 16.3. The van der Waals surface area contributed by atoms with Crippen molar-refractivity contribution in [2.75, 3.05) is 41.5 Å². The van der Waals surface area contributed by atoms with Crippen molar-refractivity contribution in [3.05, 3.63) is 54.0 Å². The molecular weight excluding hydrogens is 585 g/mol. The highest BCUT2D eigenvalue weighted by atomic mass is 32.2. The fraction of sp³-hybridized carbons (Fsp3) is 0.333. The zero-order valence-electron chi connectivity index (χ0n) is 23.2. The van der Waals surface area contributed by atoms with Gasteiger partial charge in [0.15, 0.2) is 25.5 Å². The number of H-pyrrole nitrogens is 1. The number of hydrogen-bond acceptors (Lipinski definition) is 10. The van der Waals surface area contributed by atoms with Crippen LogP contribution in [0, 0.1) is 12.7 Å². The van der Waals surface area contributed by atoms with Gasteiger partial charge in [-0.1, -0.05) is 25.1 Å². The molecule has 0 aliphatic carbocycles. The van der Waals surface area contributed by atoms with E-state index in [0.717, 1.165) is 6.26 Å². The zero-order chi connectivity index (χ0) is 30.2. The van der Waals surface area contributed by atoms with Gasteiger partial charge in [0, 0.05) is 30.9 Å². The molecule has 4 aromatic rings. The third-order valence-electron chi connectivity index (χ3n) is 7.17. The average molecular weight is 616 g/mol. The van der Waals surface area contributed by atoms with E-state index in [0.29, 0.717) is 53.1 Å². The van der Waals surface area contributed by atoms with Crippen LogP contribution in [0.4, 0.5) is 21.7 Å². The number of benzene rings is 2. The lowest BCUT2D eigenvalue weighted by Crippen LogP contribution is -2.50. The monoisotopic (exact) mass is 615 g/mol. The number of para-hydroxylation sites is 1. The van der Waals surface area contributed by atoms with Gasteiger partial charge in [-0.2, -0.15) is 5.10 Å².